The van der Waals surface area contributed by atoms with Crippen molar-refractivity contribution >= 4 is 0 Å². The summed E-state index contributed by atoms with van der Waals surface area (Å²) < 4.78 is 13.8. The van der Waals surface area contributed by atoms with Crippen molar-refractivity contribution in [3.8, 4) is 0 Å². The summed E-state index contributed by atoms with van der Waals surface area (Å²) in [5, 5.41) is 3.34. The highest BCUT2D eigenvalue weighted by molar-refractivity contribution is 5.26. The topological polar surface area (TPSA) is 15.3 Å². The van der Waals surface area contributed by atoms with Gasteiger partial charge in [0.25, 0.3) is 0 Å². The van der Waals surface area contributed by atoms with Gasteiger partial charge in [-0.1, -0.05) is 32.0 Å². The van der Waals surface area contributed by atoms with Gasteiger partial charge in [-0.2, -0.15) is 0 Å². The van der Waals surface area contributed by atoms with Crippen molar-refractivity contribution in [1.29, 1.82) is 0 Å². The molecule has 0 amide bonds. The Bertz CT molecular complexity index is 370. The number of nitrogens with zero attached hydrogens (tertiary/aromatic N) is 1. The summed E-state index contributed by atoms with van der Waals surface area (Å²) in [6.45, 7) is 9.33. The summed E-state index contributed by atoms with van der Waals surface area (Å²) in [7, 11) is 0. The summed E-state index contributed by atoms with van der Waals surface area (Å²) >= 11 is 0. The van der Waals surface area contributed by atoms with E-state index in [1.165, 1.54) is 0 Å². The van der Waals surface area contributed by atoms with E-state index in [9.17, 15) is 4.39 Å². The van der Waals surface area contributed by atoms with Crippen molar-refractivity contribution in [2.75, 3.05) is 32.7 Å². The van der Waals surface area contributed by atoms with Gasteiger partial charge < -0.3 is 5.32 Å². The third-order valence-electron chi connectivity index (χ3n) is 3.43. The zero-order valence-corrected chi connectivity index (χ0v) is 10.7. The monoisotopic (exact) mass is 236 g/mol. The van der Waals surface area contributed by atoms with Crippen LogP contribution in [0.25, 0.3) is 0 Å². The predicted molar refractivity (Wildman–Crippen MR) is 68.7 cm³/mol. The largest absolute Gasteiger partial charge is 0.314 e. The van der Waals surface area contributed by atoms with Gasteiger partial charge in [0.2, 0.25) is 0 Å². The Labute approximate surface area is 103 Å². The van der Waals surface area contributed by atoms with E-state index in [1.807, 2.05) is 12.1 Å². The second kappa shape index (κ2) is 5.15. The number of hydrogen-bond acceptors (Lipinski definition) is 2. The Kier molecular flexibility index (Phi) is 3.79. The van der Waals surface area contributed by atoms with E-state index in [0.717, 1.165) is 38.3 Å². The fourth-order valence-corrected chi connectivity index (χ4v) is 2.52. The summed E-state index contributed by atoms with van der Waals surface area (Å²) in [5.41, 5.74) is 0.682. The smallest absolute Gasteiger partial charge is 0.126 e. The molecular weight excluding hydrogens is 215 g/mol. The number of rotatable bonds is 3. The van der Waals surface area contributed by atoms with Crippen LogP contribution < -0.4 is 5.32 Å². The molecule has 1 aromatic carbocycles. The van der Waals surface area contributed by atoms with Gasteiger partial charge in [0.1, 0.15) is 5.82 Å². The molecule has 1 N–H and O–H groups in total. The van der Waals surface area contributed by atoms with E-state index < -0.39 is 0 Å². The van der Waals surface area contributed by atoms with Crippen LogP contribution in [0.1, 0.15) is 19.4 Å². The Hall–Kier alpha value is -0.930. The summed E-state index contributed by atoms with van der Waals surface area (Å²) in [4.78, 5) is 2.41. The maximum absolute atomic E-state index is 13.8. The number of halogens is 1. The van der Waals surface area contributed by atoms with Crippen LogP contribution in [0.3, 0.4) is 0 Å². The van der Waals surface area contributed by atoms with Crippen molar-refractivity contribution in [3.63, 3.8) is 0 Å². The first-order valence-corrected chi connectivity index (χ1v) is 6.28. The van der Waals surface area contributed by atoms with E-state index in [0.29, 0.717) is 0 Å². The predicted octanol–water partition coefficient (Wildman–Crippen LogP) is 2.01. The standard InChI is InChI=1S/C14H21FN2/c1-14(2,11-17-9-7-16-8-10-17)12-5-3-4-6-13(12)15/h3-6,16H,7-11H2,1-2H3. The molecule has 0 saturated carbocycles. The molecule has 0 atom stereocenters. The number of nitrogens with one attached hydrogen (secondary N) is 1. The minimum atomic E-state index is -0.136. The Morgan fingerprint density at radius 3 is 2.53 bits per heavy atom. The molecule has 0 unspecified atom stereocenters. The zero-order chi connectivity index (χ0) is 12.3. The van der Waals surface area contributed by atoms with Gasteiger partial charge in [-0.15, -0.1) is 0 Å². The first-order valence-electron chi connectivity index (χ1n) is 6.28. The van der Waals surface area contributed by atoms with Crippen LogP contribution in [0.15, 0.2) is 24.3 Å². The molecule has 0 bridgehead atoms. The molecule has 1 heterocycles. The van der Waals surface area contributed by atoms with Gasteiger partial charge in [0, 0.05) is 38.1 Å². The molecule has 3 heteroatoms. The average molecular weight is 236 g/mol. The molecule has 1 aliphatic rings. The van der Waals surface area contributed by atoms with Crippen LogP contribution in [-0.4, -0.2) is 37.6 Å². The van der Waals surface area contributed by atoms with Crippen LogP contribution in [0.5, 0.6) is 0 Å². The Morgan fingerprint density at radius 1 is 1.24 bits per heavy atom. The second-order valence-electron chi connectivity index (χ2n) is 5.39. The highest BCUT2D eigenvalue weighted by Crippen LogP contribution is 2.26. The first-order chi connectivity index (χ1) is 8.09. The van der Waals surface area contributed by atoms with Crippen LogP contribution in [0.4, 0.5) is 4.39 Å². The van der Waals surface area contributed by atoms with Crippen LogP contribution in [-0.2, 0) is 5.41 Å². The van der Waals surface area contributed by atoms with Crippen molar-refractivity contribution in [2.45, 2.75) is 19.3 Å². The molecule has 0 radical (unpaired) electrons. The van der Waals surface area contributed by atoms with Gasteiger partial charge in [-0.25, -0.2) is 4.39 Å². The zero-order valence-electron chi connectivity index (χ0n) is 10.7. The number of piperazine rings is 1. The molecule has 1 aliphatic heterocycles. The molecule has 0 spiro atoms. The molecule has 1 aromatic rings. The highest BCUT2D eigenvalue weighted by atomic mass is 19.1. The molecule has 94 valence electrons. The Morgan fingerprint density at radius 2 is 1.88 bits per heavy atom. The number of benzene rings is 1. The fourth-order valence-electron chi connectivity index (χ4n) is 2.52. The van der Waals surface area contributed by atoms with Crippen molar-refractivity contribution in [2.24, 2.45) is 0 Å². The lowest BCUT2D eigenvalue weighted by Crippen LogP contribution is -2.48. The van der Waals surface area contributed by atoms with E-state index in [1.54, 1.807) is 12.1 Å². The maximum atomic E-state index is 13.8. The van der Waals surface area contributed by atoms with E-state index in [-0.39, 0.29) is 11.2 Å². The lowest BCUT2D eigenvalue weighted by atomic mass is 9.83. The molecule has 0 aliphatic carbocycles. The minimum Gasteiger partial charge on any atom is -0.314 e. The van der Waals surface area contributed by atoms with Crippen LogP contribution >= 0.6 is 0 Å². The lowest BCUT2D eigenvalue weighted by molar-refractivity contribution is 0.198. The molecule has 1 fully saturated rings. The van der Waals surface area contributed by atoms with Crippen molar-refractivity contribution in [1.82, 2.24) is 10.2 Å². The third kappa shape index (κ3) is 3.05. The quantitative estimate of drug-likeness (QED) is 0.863. The Balaban J connectivity index is 2.10. The highest BCUT2D eigenvalue weighted by Gasteiger charge is 2.27. The van der Waals surface area contributed by atoms with Crippen LogP contribution in [0, 0.1) is 5.82 Å². The van der Waals surface area contributed by atoms with Gasteiger partial charge in [0.15, 0.2) is 0 Å². The maximum Gasteiger partial charge on any atom is 0.126 e. The molecule has 2 nitrogen and oxygen atoms in total. The molecule has 2 rings (SSSR count). The molecule has 0 aromatic heterocycles. The van der Waals surface area contributed by atoms with Crippen molar-refractivity contribution in [3.05, 3.63) is 35.6 Å². The lowest BCUT2D eigenvalue weighted by Gasteiger charge is -2.35. The van der Waals surface area contributed by atoms with Crippen LogP contribution in [0.2, 0.25) is 0 Å². The van der Waals surface area contributed by atoms with Gasteiger partial charge in [-0.3, -0.25) is 4.90 Å². The van der Waals surface area contributed by atoms with E-state index in [4.69, 9.17) is 0 Å². The molecule has 1 saturated heterocycles. The second-order valence-corrected chi connectivity index (χ2v) is 5.39. The third-order valence-corrected chi connectivity index (χ3v) is 3.43. The summed E-state index contributed by atoms with van der Waals surface area (Å²) in [6, 6.07) is 7.12. The molecule has 17 heavy (non-hydrogen) atoms. The van der Waals surface area contributed by atoms with Gasteiger partial charge >= 0.3 is 0 Å². The van der Waals surface area contributed by atoms with Gasteiger partial charge in [-0.05, 0) is 11.6 Å². The molecular formula is C14H21FN2. The first kappa shape index (κ1) is 12.5. The SMILES string of the molecule is CC(C)(CN1CCNCC1)c1ccccc1F. The summed E-state index contributed by atoms with van der Waals surface area (Å²) in [5.74, 6) is -0.0902. The minimum absolute atomic E-state index is 0.0902. The summed E-state index contributed by atoms with van der Waals surface area (Å²) in [6.07, 6.45) is 0. The normalized spacial score (nSPS) is 18.3. The van der Waals surface area contributed by atoms with Gasteiger partial charge in [0.05, 0.1) is 0 Å². The van der Waals surface area contributed by atoms with E-state index in [2.05, 4.69) is 24.1 Å². The fraction of sp³-hybridized carbons (Fsp3) is 0.571. The average Bonchev–Trinajstić information content (AvgIpc) is 2.30. The van der Waals surface area contributed by atoms with E-state index >= 15 is 0 Å². The number of hydrogen-bond donors (Lipinski definition) is 1. The van der Waals surface area contributed by atoms with Crippen molar-refractivity contribution < 1.29 is 4.39 Å².